The molecule has 1 unspecified atom stereocenters. The van der Waals surface area contributed by atoms with Gasteiger partial charge in [0.1, 0.15) is 0 Å². The first-order valence-electron chi connectivity index (χ1n) is 7.60. The smallest absolute Gasteiger partial charge is 0.269 e. The van der Waals surface area contributed by atoms with Gasteiger partial charge in [0.25, 0.3) is 5.69 Å². The first-order valence-corrected chi connectivity index (χ1v) is 7.60. The summed E-state index contributed by atoms with van der Waals surface area (Å²) in [5, 5.41) is 14.3. The van der Waals surface area contributed by atoms with Crippen molar-refractivity contribution < 1.29 is 4.92 Å². The molecule has 1 aliphatic carbocycles. The molecule has 20 heavy (non-hydrogen) atoms. The van der Waals surface area contributed by atoms with Gasteiger partial charge in [0.2, 0.25) is 0 Å². The Hall–Kier alpha value is -1.42. The molecule has 2 rings (SSSR count). The van der Waals surface area contributed by atoms with Crippen molar-refractivity contribution in [3.63, 3.8) is 0 Å². The molecule has 0 radical (unpaired) electrons. The molecule has 0 spiro atoms. The summed E-state index contributed by atoms with van der Waals surface area (Å²) in [7, 11) is 0. The molecule has 0 aromatic heterocycles. The lowest BCUT2D eigenvalue weighted by molar-refractivity contribution is -0.384. The molecule has 1 fully saturated rings. The van der Waals surface area contributed by atoms with Gasteiger partial charge in [0.15, 0.2) is 0 Å². The topological polar surface area (TPSA) is 55.2 Å². The number of nitro benzene ring substituents is 1. The molecule has 0 heterocycles. The highest BCUT2D eigenvalue weighted by Crippen LogP contribution is 2.28. The Labute approximate surface area is 120 Å². The molecule has 1 atom stereocenters. The van der Waals surface area contributed by atoms with E-state index < -0.39 is 0 Å². The van der Waals surface area contributed by atoms with Crippen LogP contribution in [0.5, 0.6) is 0 Å². The van der Waals surface area contributed by atoms with Crippen LogP contribution in [0.15, 0.2) is 24.3 Å². The van der Waals surface area contributed by atoms with Crippen molar-refractivity contribution in [2.75, 3.05) is 0 Å². The molecule has 110 valence electrons. The van der Waals surface area contributed by atoms with E-state index in [1.54, 1.807) is 12.1 Å². The van der Waals surface area contributed by atoms with Crippen LogP contribution in [-0.2, 0) is 0 Å². The van der Waals surface area contributed by atoms with Gasteiger partial charge in [0.05, 0.1) is 4.92 Å². The first-order chi connectivity index (χ1) is 9.60. The molecule has 1 aromatic carbocycles. The Morgan fingerprint density at radius 1 is 1.25 bits per heavy atom. The average Bonchev–Trinajstić information content (AvgIpc) is 2.48. The predicted octanol–water partition coefficient (Wildman–Crippen LogP) is 4.21. The summed E-state index contributed by atoms with van der Waals surface area (Å²) < 4.78 is 0. The van der Waals surface area contributed by atoms with Gasteiger partial charge in [-0.3, -0.25) is 10.1 Å². The van der Waals surface area contributed by atoms with Crippen molar-refractivity contribution in [2.45, 2.75) is 58.0 Å². The molecule has 4 heteroatoms. The number of hydrogen-bond donors (Lipinski definition) is 1. The second kappa shape index (κ2) is 6.84. The van der Waals surface area contributed by atoms with E-state index in [4.69, 9.17) is 0 Å². The van der Waals surface area contributed by atoms with E-state index in [0.717, 1.165) is 11.5 Å². The molecule has 4 nitrogen and oxygen atoms in total. The standard InChI is InChI=1S/C16H24N2O2/c1-3-13-4-8-15(9-5-13)17-12(2)14-6-10-16(11-7-14)18(19)20/h6-7,10-13,15,17H,3-5,8-9H2,1-2H3. The minimum Gasteiger partial charge on any atom is -0.307 e. The second-order valence-corrected chi connectivity index (χ2v) is 5.86. The van der Waals surface area contributed by atoms with Crippen molar-refractivity contribution in [1.82, 2.24) is 5.32 Å². The summed E-state index contributed by atoms with van der Waals surface area (Å²) in [6.07, 6.45) is 6.43. The van der Waals surface area contributed by atoms with Crippen LogP contribution < -0.4 is 5.32 Å². The predicted molar refractivity (Wildman–Crippen MR) is 80.7 cm³/mol. The number of nitro groups is 1. The maximum atomic E-state index is 10.6. The maximum Gasteiger partial charge on any atom is 0.269 e. The Kier molecular flexibility index (Phi) is 5.12. The van der Waals surface area contributed by atoms with E-state index in [-0.39, 0.29) is 16.7 Å². The van der Waals surface area contributed by atoms with Crippen molar-refractivity contribution in [3.8, 4) is 0 Å². The van der Waals surface area contributed by atoms with E-state index in [2.05, 4.69) is 19.2 Å². The van der Waals surface area contributed by atoms with Gasteiger partial charge < -0.3 is 5.32 Å². The van der Waals surface area contributed by atoms with Gasteiger partial charge >= 0.3 is 0 Å². The highest BCUT2D eigenvalue weighted by molar-refractivity contribution is 5.34. The SMILES string of the molecule is CCC1CCC(NC(C)c2ccc([N+](=O)[O-])cc2)CC1. The Morgan fingerprint density at radius 2 is 1.85 bits per heavy atom. The Morgan fingerprint density at radius 3 is 2.35 bits per heavy atom. The number of benzene rings is 1. The van der Waals surface area contributed by atoms with Gasteiger partial charge in [-0.25, -0.2) is 0 Å². The molecular weight excluding hydrogens is 252 g/mol. The molecule has 1 aromatic rings. The maximum absolute atomic E-state index is 10.6. The summed E-state index contributed by atoms with van der Waals surface area (Å²) >= 11 is 0. The zero-order valence-electron chi connectivity index (χ0n) is 12.3. The Balaban J connectivity index is 1.88. The number of hydrogen-bond acceptors (Lipinski definition) is 3. The van der Waals surface area contributed by atoms with Gasteiger partial charge in [-0.1, -0.05) is 25.5 Å². The summed E-state index contributed by atoms with van der Waals surface area (Å²) in [6, 6.07) is 7.71. The van der Waals surface area contributed by atoms with Crippen LogP contribution in [0, 0.1) is 16.0 Å². The van der Waals surface area contributed by atoms with Crippen LogP contribution in [0.1, 0.15) is 57.6 Å². The molecular formula is C16H24N2O2. The average molecular weight is 276 g/mol. The van der Waals surface area contributed by atoms with Crippen LogP contribution in [0.3, 0.4) is 0 Å². The van der Waals surface area contributed by atoms with Gasteiger partial charge in [-0.2, -0.15) is 0 Å². The third-order valence-electron chi connectivity index (χ3n) is 4.51. The number of nitrogens with zero attached hydrogens (tertiary/aromatic N) is 1. The number of nitrogens with one attached hydrogen (secondary N) is 1. The largest absolute Gasteiger partial charge is 0.307 e. The molecule has 0 bridgehead atoms. The third kappa shape index (κ3) is 3.79. The fourth-order valence-corrected chi connectivity index (χ4v) is 3.07. The molecule has 1 N–H and O–H groups in total. The molecule has 0 aliphatic heterocycles. The van der Waals surface area contributed by atoms with Crippen molar-refractivity contribution in [1.29, 1.82) is 0 Å². The van der Waals surface area contributed by atoms with Crippen molar-refractivity contribution in [2.24, 2.45) is 5.92 Å². The fourth-order valence-electron chi connectivity index (χ4n) is 3.07. The third-order valence-corrected chi connectivity index (χ3v) is 4.51. The van der Waals surface area contributed by atoms with Crippen LogP contribution >= 0.6 is 0 Å². The Bertz CT molecular complexity index is 436. The zero-order valence-corrected chi connectivity index (χ0v) is 12.3. The molecule has 0 saturated heterocycles. The van der Waals surface area contributed by atoms with E-state index in [1.807, 2.05) is 12.1 Å². The van der Waals surface area contributed by atoms with Crippen molar-refractivity contribution >= 4 is 5.69 Å². The van der Waals surface area contributed by atoms with Crippen LogP contribution in [0.4, 0.5) is 5.69 Å². The zero-order chi connectivity index (χ0) is 14.5. The summed E-state index contributed by atoms with van der Waals surface area (Å²) in [4.78, 5) is 10.3. The van der Waals surface area contributed by atoms with Crippen molar-refractivity contribution in [3.05, 3.63) is 39.9 Å². The summed E-state index contributed by atoms with van der Waals surface area (Å²) in [5.74, 6) is 0.905. The normalized spacial score (nSPS) is 24.3. The summed E-state index contributed by atoms with van der Waals surface area (Å²) in [5.41, 5.74) is 1.28. The van der Waals surface area contributed by atoms with E-state index in [9.17, 15) is 10.1 Å². The van der Waals surface area contributed by atoms with Gasteiger partial charge in [-0.05, 0) is 44.1 Å². The minimum atomic E-state index is -0.353. The van der Waals surface area contributed by atoms with Crippen LogP contribution in [0.25, 0.3) is 0 Å². The van der Waals surface area contributed by atoms with Crippen LogP contribution in [0.2, 0.25) is 0 Å². The van der Waals surface area contributed by atoms with Crippen LogP contribution in [-0.4, -0.2) is 11.0 Å². The highest BCUT2D eigenvalue weighted by Gasteiger charge is 2.21. The number of non-ortho nitro benzene ring substituents is 1. The quantitative estimate of drug-likeness (QED) is 0.647. The lowest BCUT2D eigenvalue weighted by Gasteiger charge is -2.31. The summed E-state index contributed by atoms with van der Waals surface area (Å²) in [6.45, 7) is 4.41. The second-order valence-electron chi connectivity index (χ2n) is 5.86. The number of rotatable bonds is 5. The molecule has 1 saturated carbocycles. The van der Waals surface area contributed by atoms with E-state index in [1.165, 1.54) is 32.1 Å². The fraction of sp³-hybridized carbons (Fsp3) is 0.625. The lowest BCUT2D eigenvalue weighted by Crippen LogP contribution is -2.34. The highest BCUT2D eigenvalue weighted by atomic mass is 16.6. The van der Waals surface area contributed by atoms with E-state index >= 15 is 0 Å². The monoisotopic (exact) mass is 276 g/mol. The molecule has 1 aliphatic rings. The lowest BCUT2D eigenvalue weighted by atomic mass is 9.84. The minimum absolute atomic E-state index is 0.157. The van der Waals surface area contributed by atoms with Gasteiger partial charge in [0, 0.05) is 24.2 Å². The van der Waals surface area contributed by atoms with Gasteiger partial charge in [-0.15, -0.1) is 0 Å². The van der Waals surface area contributed by atoms with E-state index in [0.29, 0.717) is 6.04 Å². The molecule has 0 amide bonds. The first kappa shape index (κ1) is 15.0.